The van der Waals surface area contributed by atoms with E-state index < -0.39 is 17.5 Å². The molecule has 10 heteroatoms. The summed E-state index contributed by atoms with van der Waals surface area (Å²) in [5, 5.41) is 19.8. The van der Waals surface area contributed by atoms with Gasteiger partial charge in [-0.3, -0.25) is 10.0 Å². The number of hydroxylamine groups is 1. The molecular formula is C13H9F2N5O3. The van der Waals surface area contributed by atoms with E-state index in [-0.39, 0.29) is 23.5 Å². The van der Waals surface area contributed by atoms with Crippen LogP contribution in [-0.4, -0.2) is 31.3 Å². The number of hydrogen-bond donors (Lipinski definition) is 2. The summed E-state index contributed by atoms with van der Waals surface area (Å²) in [6, 6.07) is 4.85. The van der Waals surface area contributed by atoms with Crippen molar-refractivity contribution in [3.05, 3.63) is 53.3 Å². The minimum Gasteiger partial charge on any atom is -0.461 e. The predicted molar refractivity (Wildman–Crippen MR) is 70.2 cm³/mol. The standard InChI is InChI=1S/C13H9F2N5O3/c14-9-4-7(13(21)18-22)5-10(15)8(9)6-20-17-12(16-19-20)11-2-1-3-23-11/h1-5,22H,6H2,(H,18,21). The first-order valence-corrected chi connectivity index (χ1v) is 6.32. The van der Waals surface area contributed by atoms with Gasteiger partial charge in [-0.2, -0.15) is 4.80 Å². The Labute approximate surface area is 127 Å². The SMILES string of the molecule is O=C(NO)c1cc(F)c(Cn2nnc(-c3ccco3)n2)c(F)c1. The summed E-state index contributed by atoms with van der Waals surface area (Å²) in [5.41, 5.74) is 0.604. The van der Waals surface area contributed by atoms with E-state index in [1.54, 1.807) is 12.1 Å². The molecule has 2 N–H and O–H groups in total. The third-order valence-electron chi connectivity index (χ3n) is 3.00. The normalized spacial score (nSPS) is 10.7. The van der Waals surface area contributed by atoms with Gasteiger partial charge in [0.1, 0.15) is 11.6 Å². The zero-order chi connectivity index (χ0) is 16.4. The molecule has 0 fully saturated rings. The number of tetrazole rings is 1. The van der Waals surface area contributed by atoms with Crippen LogP contribution in [0.1, 0.15) is 15.9 Å². The number of nitrogens with zero attached hydrogens (tertiary/aromatic N) is 4. The van der Waals surface area contributed by atoms with Crippen LogP contribution in [0.3, 0.4) is 0 Å². The number of halogens is 2. The number of amides is 1. The first kappa shape index (κ1) is 14.8. The second-order valence-corrected chi connectivity index (χ2v) is 4.48. The van der Waals surface area contributed by atoms with Crippen LogP contribution in [0.4, 0.5) is 8.78 Å². The Morgan fingerprint density at radius 3 is 2.70 bits per heavy atom. The zero-order valence-electron chi connectivity index (χ0n) is 11.4. The number of hydrogen-bond acceptors (Lipinski definition) is 6. The monoisotopic (exact) mass is 321 g/mol. The van der Waals surface area contributed by atoms with Crippen molar-refractivity contribution >= 4 is 5.91 Å². The molecule has 0 aliphatic heterocycles. The summed E-state index contributed by atoms with van der Waals surface area (Å²) in [7, 11) is 0. The Hall–Kier alpha value is -3.14. The second kappa shape index (κ2) is 5.93. The molecule has 0 unspecified atom stereocenters. The van der Waals surface area contributed by atoms with E-state index in [9.17, 15) is 13.6 Å². The largest absolute Gasteiger partial charge is 0.461 e. The van der Waals surface area contributed by atoms with Crippen LogP contribution in [-0.2, 0) is 6.54 Å². The molecule has 8 nitrogen and oxygen atoms in total. The number of nitrogens with one attached hydrogen (secondary N) is 1. The average Bonchev–Trinajstić information content (AvgIpc) is 3.20. The third kappa shape index (κ3) is 2.92. The van der Waals surface area contributed by atoms with Crippen LogP contribution in [0, 0.1) is 11.6 Å². The number of carbonyl (C=O) groups is 1. The predicted octanol–water partition coefficient (Wildman–Crippen LogP) is 1.38. The smallest absolute Gasteiger partial charge is 0.274 e. The molecule has 0 spiro atoms. The number of benzene rings is 1. The molecule has 23 heavy (non-hydrogen) atoms. The lowest BCUT2D eigenvalue weighted by atomic mass is 10.1. The van der Waals surface area contributed by atoms with Gasteiger partial charge in [0.25, 0.3) is 5.91 Å². The fraction of sp³-hybridized carbons (Fsp3) is 0.0769. The molecule has 0 saturated carbocycles. The van der Waals surface area contributed by atoms with E-state index in [2.05, 4.69) is 15.4 Å². The molecule has 1 amide bonds. The molecule has 3 aromatic rings. The lowest BCUT2D eigenvalue weighted by Crippen LogP contribution is -2.19. The Morgan fingerprint density at radius 2 is 2.09 bits per heavy atom. The Kier molecular flexibility index (Phi) is 3.81. The summed E-state index contributed by atoms with van der Waals surface area (Å²) in [4.78, 5) is 12.2. The van der Waals surface area contributed by atoms with Gasteiger partial charge in [-0.1, -0.05) is 0 Å². The number of carbonyl (C=O) groups excluding carboxylic acids is 1. The highest BCUT2D eigenvalue weighted by Crippen LogP contribution is 2.18. The van der Waals surface area contributed by atoms with Gasteiger partial charge in [0, 0.05) is 11.1 Å². The van der Waals surface area contributed by atoms with E-state index in [1.807, 2.05) is 0 Å². The van der Waals surface area contributed by atoms with Gasteiger partial charge in [-0.15, -0.1) is 10.2 Å². The average molecular weight is 321 g/mol. The molecule has 0 aliphatic rings. The molecule has 1 aromatic carbocycles. The van der Waals surface area contributed by atoms with E-state index in [1.165, 1.54) is 11.7 Å². The maximum absolute atomic E-state index is 14.0. The van der Waals surface area contributed by atoms with Gasteiger partial charge >= 0.3 is 0 Å². The highest BCUT2D eigenvalue weighted by Gasteiger charge is 2.17. The highest BCUT2D eigenvalue weighted by atomic mass is 19.1. The lowest BCUT2D eigenvalue weighted by Gasteiger charge is -2.06. The van der Waals surface area contributed by atoms with Crippen molar-refractivity contribution in [3.8, 4) is 11.6 Å². The fourth-order valence-corrected chi connectivity index (χ4v) is 1.91. The first-order valence-electron chi connectivity index (χ1n) is 6.32. The van der Waals surface area contributed by atoms with Crippen molar-refractivity contribution in [3.63, 3.8) is 0 Å². The topological polar surface area (TPSA) is 106 Å². The maximum Gasteiger partial charge on any atom is 0.274 e. The Morgan fingerprint density at radius 1 is 1.35 bits per heavy atom. The molecule has 118 valence electrons. The maximum atomic E-state index is 14.0. The van der Waals surface area contributed by atoms with Crippen LogP contribution < -0.4 is 5.48 Å². The summed E-state index contributed by atoms with van der Waals surface area (Å²) >= 11 is 0. The van der Waals surface area contributed by atoms with Crippen LogP contribution in [0.15, 0.2) is 34.9 Å². The Balaban J connectivity index is 1.87. The molecule has 0 bridgehead atoms. The zero-order valence-corrected chi connectivity index (χ0v) is 11.4. The summed E-state index contributed by atoms with van der Waals surface area (Å²) < 4.78 is 33.0. The van der Waals surface area contributed by atoms with E-state index in [0.29, 0.717) is 5.76 Å². The van der Waals surface area contributed by atoms with Crippen molar-refractivity contribution in [1.82, 2.24) is 25.7 Å². The van der Waals surface area contributed by atoms with Gasteiger partial charge < -0.3 is 4.42 Å². The van der Waals surface area contributed by atoms with Crippen LogP contribution in [0.5, 0.6) is 0 Å². The van der Waals surface area contributed by atoms with E-state index >= 15 is 0 Å². The van der Waals surface area contributed by atoms with Gasteiger partial charge in [0.15, 0.2) is 5.76 Å². The molecule has 0 radical (unpaired) electrons. The second-order valence-electron chi connectivity index (χ2n) is 4.48. The summed E-state index contributed by atoms with van der Waals surface area (Å²) in [6.45, 7) is -0.327. The number of rotatable bonds is 4. The van der Waals surface area contributed by atoms with E-state index in [0.717, 1.165) is 16.9 Å². The molecule has 3 rings (SSSR count). The quantitative estimate of drug-likeness (QED) is 0.555. The molecule has 2 aromatic heterocycles. The highest BCUT2D eigenvalue weighted by molar-refractivity contribution is 5.93. The molecule has 0 aliphatic carbocycles. The fourth-order valence-electron chi connectivity index (χ4n) is 1.91. The molecule has 0 atom stereocenters. The summed E-state index contributed by atoms with van der Waals surface area (Å²) in [5.74, 6) is -2.42. The van der Waals surface area contributed by atoms with Crippen molar-refractivity contribution in [1.29, 1.82) is 0 Å². The molecular weight excluding hydrogens is 312 g/mol. The van der Waals surface area contributed by atoms with Crippen molar-refractivity contribution in [2.24, 2.45) is 0 Å². The lowest BCUT2D eigenvalue weighted by molar-refractivity contribution is 0.0705. The minimum atomic E-state index is -1.02. The first-order chi connectivity index (χ1) is 11.1. The molecule has 0 saturated heterocycles. The number of furan rings is 1. The van der Waals surface area contributed by atoms with E-state index in [4.69, 9.17) is 9.62 Å². The summed E-state index contributed by atoms with van der Waals surface area (Å²) in [6.07, 6.45) is 1.43. The number of aromatic nitrogens is 4. The van der Waals surface area contributed by atoms with Gasteiger partial charge in [-0.25, -0.2) is 14.3 Å². The van der Waals surface area contributed by atoms with Crippen molar-refractivity contribution < 1.29 is 23.2 Å². The van der Waals surface area contributed by atoms with Crippen molar-refractivity contribution in [2.75, 3.05) is 0 Å². The van der Waals surface area contributed by atoms with Gasteiger partial charge in [0.2, 0.25) is 5.82 Å². The minimum absolute atomic E-state index is 0.173. The van der Waals surface area contributed by atoms with Crippen molar-refractivity contribution in [2.45, 2.75) is 6.54 Å². The third-order valence-corrected chi connectivity index (χ3v) is 3.00. The Bertz CT molecular complexity index is 824. The van der Waals surface area contributed by atoms with Gasteiger partial charge in [-0.05, 0) is 29.5 Å². The van der Waals surface area contributed by atoms with Crippen LogP contribution >= 0.6 is 0 Å². The van der Waals surface area contributed by atoms with Crippen LogP contribution in [0.2, 0.25) is 0 Å². The molecule has 2 heterocycles. The van der Waals surface area contributed by atoms with Gasteiger partial charge in [0.05, 0.1) is 12.8 Å². The van der Waals surface area contributed by atoms with Crippen LogP contribution in [0.25, 0.3) is 11.6 Å².